The molecule has 0 fully saturated rings. The Morgan fingerprint density at radius 2 is 1.92 bits per heavy atom. The highest BCUT2D eigenvalue weighted by molar-refractivity contribution is 5.85. The molecular weight excluding hydrogens is 324 g/mol. The van der Waals surface area contributed by atoms with Crippen molar-refractivity contribution in [3.05, 3.63) is 59.2 Å². The molecule has 24 heavy (non-hydrogen) atoms. The average Bonchev–Trinajstić information content (AvgIpc) is 2.54. The monoisotopic (exact) mass is 348 g/mol. The fraction of sp³-hybridized carbons (Fsp3) is 0.316. The molecule has 0 bridgehead atoms. The van der Waals surface area contributed by atoms with Crippen molar-refractivity contribution < 1.29 is 9.53 Å². The molecule has 4 nitrogen and oxygen atoms in total. The summed E-state index contributed by atoms with van der Waals surface area (Å²) in [5.74, 6) is 0.976. The molecule has 130 valence electrons. The van der Waals surface area contributed by atoms with Crippen molar-refractivity contribution in [2.75, 3.05) is 19.9 Å². The quantitative estimate of drug-likeness (QED) is 0.811. The number of benzene rings is 2. The highest BCUT2D eigenvalue weighted by Gasteiger charge is 2.11. The van der Waals surface area contributed by atoms with E-state index in [1.54, 1.807) is 12.0 Å². The highest BCUT2D eigenvalue weighted by Crippen LogP contribution is 2.19. The van der Waals surface area contributed by atoms with Crippen LogP contribution in [0.2, 0.25) is 0 Å². The van der Waals surface area contributed by atoms with Crippen molar-refractivity contribution in [3.8, 4) is 5.75 Å². The number of halogens is 1. The third kappa shape index (κ3) is 5.17. The molecule has 0 saturated carbocycles. The van der Waals surface area contributed by atoms with E-state index in [2.05, 4.69) is 6.07 Å². The predicted molar refractivity (Wildman–Crippen MR) is 101 cm³/mol. The van der Waals surface area contributed by atoms with Crippen LogP contribution in [0.1, 0.15) is 23.1 Å². The Morgan fingerprint density at radius 3 is 2.54 bits per heavy atom. The largest absolute Gasteiger partial charge is 0.496 e. The minimum absolute atomic E-state index is 0. The van der Waals surface area contributed by atoms with Crippen LogP contribution in [0, 0.1) is 6.92 Å². The fourth-order valence-corrected chi connectivity index (χ4v) is 2.60. The second kappa shape index (κ2) is 9.18. The number of methoxy groups -OCH3 is 1. The van der Waals surface area contributed by atoms with E-state index in [4.69, 9.17) is 10.5 Å². The van der Waals surface area contributed by atoms with Gasteiger partial charge in [0.25, 0.3) is 0 Å². The summed E-state index contributed by atoms with van der Waals surface area (Å²) in [5.41, 5.74) is 9.85. The van der Waals surface area contributed by atoms with Crippen LogP contribution in [0.3, 0.4) is 0 Å². The third-order valence-corrected chi connectivity index (χ3v) is 3.97. The van der Waals surface area contributed by atoms with E-state index in [9.17, 15) is 4.79 Å². The molecule has 2 aromatic carbocycles. The fourth-order valence-electron chi connectivity index (χ4n) is 2.60. The number of para-hydroxylation sites is 1. The van der Waals surface area contributed by atoms with Crippen LogP contribution in [0.5, 0.6) is 5.75 Å². The predicted octanol–water partition coefficient (Wildman–Crippen LogP) is 3.60. The van der Waals surface area contributed by atoms with Crippen LogP contribution < -0.4 is 10.5 Å². The zero-order chi connectivity index (χ0) is 16.8. The number of carbonyl (C=O) groups is 1. The Bertz CT molecular complexity index is 689. The topological polar surface area (TPSA) is 55.6 Å². The van der Waals surface area contributed by atoms with E-state index >= 15 is 0 Å². The molecule has 0 heterocycles. The van der Waals surface area contributed by atoms with E-state index in [0.717, 1.165) is 28.1 Å². The smallest absolute Gasteiger partial charge is 0.222 e. The summed E-state index contributed by atoms with van der Waals surface area (Å²) in [7, 11) is 3.49. The van der Waals surface area contributed by atoms with Crippen LogP contribution in [0.15, 0.2) is 42.5 Å². The van der Waals surface area contributed by atoms with Crippen molar-refractivity contribution in [2.45, 2.75) is 26.3 Å². The number of anilines is 1. The summed E-state index contributed by atoms with van der Waals surface area (Å²) in [6.45, 7) is 2.59. The van der Waals surface area contributed by atoms with Gasteiger partial charge in [-0.3, -0.25) is 4.79 Å². The molecule has 1 amide bonds. The maximum atomic E-state index is 12.3. The lowest BCUT2D eigenvalue weighted by atomic mass is 10.1. The molecule has 0 aliphatic heterocycles. The van der Waals surface area contributed by atoms with Gasteiger partial charge in [0.1, 0.15) is 5.75 Å². The van der Waals surface area contributed by atoms with Gasteiger partial charge in [-0.1, -0.05) is 30.3 Å². The molecule has 0 unspecified atom stereocenters. The SMILES string of the molecule is COc1ccc(CN(C)C(=O)CCc2ccccc2N)cc1C.Cl. The number of ether oxygens (including phenoxy) is 1. The van der Waals surface area contributed by atoms with Crippen LogP contribution in [-0.4, -0.2) is 25.0 Å². The lowest BCUT2D eigenvalue weighted by Gasteiger charge is -2.18. The molecular formula is C19H25ClN2O2. The maximum absolute atomic E-state index is 12.3. The number of aryl methyl sites for hydroxylation is 2. The molecule has 0 radical (unpaired) electrons. The minimum Gasteiger partial charge on any atom is -0.496 e. The lowest BCUT2D eigenvalue weighted by molar-refractivity contribution is -0.130. The summed E-state index contributed by atoms with van der Waals surface area (Å²) >= 11 is 0. The molecule has 0 saturated heterocycles. The van der Waals surface area contributed by atoms with Crippen LogP contribution in [0.4, 0.5) is 5.69 Å². The average molecular weight is 349 g/mol. The highest BCUT2D eigenvalue weighted by atomic mass is 35.5. The molecule has 0 aliphatic carbocycles. The second-order valence-electron chi connectivity index (χ2n) is 5.75. The first-order valence-electron chi connectivity index (χ1n) is 7.72. The number of nitrogens with two attached hydrogens (primary N) is 1. The van der Waals surface area contributed by atoms with E-state index in [0.29, 0.717) is 19.4 Å². The van der Waals surface area contributed by atoms with Gasteiger partial charge in [0.15, 0.2) is 0 Å². The molecule has 0 atom stereocenters. The molecule has 2 aromatic rings. The van der Waals surface area contributed by atoms with E-state index in [1.165, 1.54) is 0 Å². The van der Waals surface area contributed by atoms with Crippen LogP contribution in [0.25, 0.3) is 0 Å². The summed E-state index contributed by atoms with van der Waals surface area (Å²) < 4.78 is 5.26. The summed E-state index contributed by atoms with van der Waals surface area (Å²) in [4.78, 5) is 14.1. The number of rotatable bonds is 6. The van der Waals surface area contributed by atoms with E-state index in [1.807, 2.05) is 50.4 Å². The Morgan fingerprint density at radius 1 is 1.21 bits per heavy atom. The number of hydrogen-bond acceptors (Lipinski definition) is 3. The zero-order valence-electron chi connectivity index (χ0n) is 14.4. The number of carbonyl (C=O) groups excluding carboxylic acids is 1. The van der Waals surface area contributed by atoms with Gasteiger partial charge in [0, 0.05) is 25.7 Å². The van der Waals surface area contributed by atoms with Gasteiger partial charge in [-0.25, -0.2) is 0 Å². The van der Waals surface area contributed by atoms with Gasteiger partial charge < -0.3 is 15.4 Å². The molecule has 0 aromatic heterocycles. The summed E-state index contributed by atoms with van der Waals surface area (Å²) in [6.07, 6.45) is 1.12. The molecule has 2 N–H and O–H groups in total. The lowest BCUT2D eigenvalue weighted by Crippen LogP contribution is -2.26. The van der Waals surface area contributed by atoms with Crippen LogP contribution >= 0.6 is 12.4 Å². The van der Waals surface area contributed by atoms with Crippen molar-refractivity contribution >= 4 is 24.0 Å². The Hall–Kier alpha value is -2.20. The van der Waals surface area contributed by atoms with Crippen molar-refractivity contribution in [2.24, 2.45) is 0 Å². The van der Waals surface area contributed by atoms with E-state index in [-0.39, 0.29) is 18.3 Å². The Balaban J connectivity index is 0.00000288. The minimum atomic E-state index is 0. The normalized spacial score (nSPS) is 9.96. The zero-order valence-corrected chi connectivity index (χ0v) is 15.2. The molecule has 0 spiro atoms. The third-order valence-electron chi connectivity index (χ3n) is 3.97. The van der Waals surface area contributed by atoms with Crippen LogP contribution in [-0.2, 0) is 17.8 Å². The summed E-state index contributed by atoms with van der Waals surface area (Å²) in [6, 6.07) is 13.7. The molecule has 5 heteroatoms. The van der Waals surface area contributed by atoms with Gasteiger partial charge in [0.2, 0.25) is 5.91 Å². The molecule has 2 rings (SSSR count). The van der Waals surface area contributed by atoms with Crippen molar-refractivity contribution in [1.29, 1.82) is 0 Å². The number of nitrogen functional groups attached to an aromatic ring is 1. The van der Waals surface area contributed by atoms with Gasteiger partial charge >= 0.3 is 0 Å². The number of nitrogens with zero attached hydrogens (tertiary/aromatic N) is 1. The number of hydrogen-bond donors (Lipinski definition) is 1. The standard InChI is InChI=1S/C19H24N2O2.ClH/c1-14-12-15(8-10-18(14)23-3)13-21(2)19(22)11-9-16-6-4-5-7-17(16)20;/h4-8,10,12H,9,11,13,20H2,1-3H3;1H. The second-order valence-corrected chi connectivity index (χ2v) is 5.75. The first-order chi connectivity index (χ1) is 11.0. The Labute approximate surface area is 150 Å². The first-order valence-corrected chi connectivity index (χ1v) is 7.72. The van der Waals surface area contributed by atoms with Gasteiger partial charge in [-0.2, -0.15) is 0 Å². The van der Waals surface area contributed by atoms with Crippen molar-refractivity contribution in [3.63, 3.8) is 0 Å². The van der Waals surface area contributed by atoms with E-state index < -0.39 is 0 Å². The van der Waals surface area contributed by atoms with Crippen molar-refractivity contribution in [1.82, 2.24) is 4.90 Å². The summed E-state index contributed by atoms with van der Waals surface area (Å²) in [5, 5.41) is 0. The number of amides is 1. The van der Waals surface area contributed by atoms with Gasteiger partial charge in [-0.05, 0) is 42.2 Å². The van der Waals surface area contributed by atoms with Gasteiger partial charge in [0.05, 0.1) is 7.11 Å². The molecule has 0 aliphatic rings. The first kappa shape index (κ1) is 19.8. The Kier molecular flexibility index (Phi) is 7.59. The van der Waals surface area contributed by atoms with Gasteiger partial charge in [-0.15, -0.1) is 12.4 Å². The maximum Gasteiger partial charge on any atom is 0.222 e.